The van der Waals surface area contributed by atoms with E-state index in [0.29, 0.717) is 5.75 Å². The molecule has 0 amide bonds. The Labute approximate surface area is 139 Å². The van der Waals surface area contributed by atoms with Gasteiger partial charge in [0.05, 0.1) is 24.7 Å². The number of benzene rings is 1. The smallest absolute Gasteiger partial charge is 0.310 e. The Hall–Kier alpha value is -1.51. The number of aliphatic carboxylic acids is 1. The fourth-order valence-electron chi connectivity index (χ4n) is 2.47. The quantitative estimate of drug-likeness (QED) is 0.858. The third kappa shape index (κ3) is 3.11. The summed E-state index contributed by atoms with van der Waals surface area (Å²) in [6.45, 7) is 1.55. The highest BCUT2D eigenvalue weighted by Crippen LogP contribution is 2.39. The first kappa shape index (κ1) is 17.8. The van der Waals surface area contributed by atoms with Gasteiger partial charge in [-0.15, -0.1) is 0 Å². The summed E-state index contributed by atoms with van der Waals surface area (Å²) in [7, 11) is -1.12. The molecule has 1 saturated heterocycles. The minimum absolute atomic E-state index is 0.00780. The number of hydrogen-bond donors (Lipinski definition) is 1. The zero-order chi connectivity index (χ0) is 17.4. The second-order valence-corrected chi connectivity index (χ2v) is 7.91. The first-order chi connectivity index (χ1) is 10.7. The summed E-state index contributed by atoms with van der Waals surface area (Å²) in [6.07, 6.45) is 0.243. The van der Waals surface area contributed by atoms with Crippen molar-refractivity contribution in [2.45, 2.75) is 18.2 Å². The first-order valence-corrected chi connectivity index (χ1v) is 8.62. The molecule has 0 spiro atoms. The van der Waals surface area contributed by atoms with E-state index in [4.69, 9.17) is 21.1 Å². The summed E-state index contributed by atoms with van der Waals surface area (Å²) in [4.78, 5) is 11.2. The van der Waals surface area contributed by atoms with Crippen LogP contribution in [0.25, 0.3) is 0 Å². The average molecular weight is 364 g/mol. The van der Waals surface area contributed by atoms with Gasteiger partial charge in [0.25, 0.3) is 0 Å². The molecule has 1 fully saturated rings. The predicted molar refractivity (Wildman–Crippen MR) is 83.7 cm³/mol. The molecule has 1 N–H and O–H groups in total. The number of halogens is 1. The van der Waals surface area contributed by atoms with Crippen LogP contribution in [0.3, 0.4) is 0 Å². The minimum atomic E-state index is -3.93. The maximum absolute atomic E-state index is 12.8. The molecule has 23 heavy (non-hydrogen) atoms. The van der Waals surface area contributed by atoms with Gasteiger partial charge in [-0.2, -0.15) is 4.31 Å². The highest BCUT2D eigenvalue weighted by molar-refractivity contribution is 7.89. The van der Waals surface area contributed by atoms with Crippen molar-refractivity contribution < 1.29 is 27.8 Å². The number of rotatable bonds is 5. The normalized spacial score (nSPS) is 22.1. The van der Waals surface area contributed by atoms with E-state index in [9.17, 15) is 18.3 Å². The van der Waals surface area contributed by atoms with E-state index in [-0.39, 0.29) is 35.2 Å². The van der Waals surface area contributed by atoms with Gasteiger partial charge < -0.3 is 14.6 Å². The van der Waals surface area contributed by atoms with E-state index in [2.05, 4.69) is 0 Å². The summed E-state index contributed by atoms with van der Waals surface area (Å²) >= 11 is 6.08. The summed E-state index contributed by atoms with van der Waals surface area (Å²) in [5, 5.41) is 9.24. The van der Waals surface area contributed by atoms with Crippen LogP contribution in [-0.4, -0.2) is 51.1 Å². The second-order valence-electron chi connectivity index (χ2n) is 5.59. The number of nitrogens with zero attached hydrogens (tertiary/aromatic N) is 1. The summed E-state index contributed by atoms with van der Waals surface area (Å²) in [5.74, 6) is -0.475. The Morgan fingerprint density at radius 3 is 2.35 bits per heavy atom. The Morgan fingerprint density at radius 1 is 1.30 bits per heavy atom. The van der Waals surface area contributed by atoms with Gasteiger partial charge in [-0.25, -0.2) is 8.42 Å². The molecule has 9 heteroatoms. The topological polar surface area (TPSA) is 93.1 Å². The highest BCUT2D eigenvalue weighted by atomic mass is 35.5. The SMILES string of the molecule is COc1cc(Cl)c(S(=O)(=O)N2CCC(C)(C(=O)O)C2)cc1OC. The second kappa shape index (κ2) is 6.18. The van der Waals surface area contributed by atoms with Gasteiger partial charge in [0.15, 0.2) is 11.5 Å². The van der Waals surface area contributed by atoms with Crippen LogP contribution in [0.15, 0.2) is 17.0 Å². The molecule has 1 heterocycles. The lowest BCUT2D eigenvalue weighted by Crippen LogP contribution is -2.35. The number of sulfonamides is 1. The van der Waals surface area contributed by atoms with Crippen molar-refractivity contribution in [2.75, 3.05) is 27.3 Å². The van der Waals surface area contributed by atoms with Crippen molar-refractivity contribution in [3.8, 4) is 11.5 Å². The van der Waals surface area contributed by atoms with E-state index < -0.39 is 21.4 Å². The summed E-state index contributed by atoms with van der Waals surface area (Å²) in [5.41, 5.74) is -1.10. The molecule has 1 aliphatic heterocycles. The van der Waals surface area contributed by atoms with Crippen LogP contribution in [-0.2, 0) is 14.8 Å². The molecule has 1 aromatic rings. The number of carboxylic acids is 1. The van der Waals surface area contributed by atoms with Crippen molar-refractivity contribution in [3.63, 3.8) is 0 Å². The van der Waals surface area contributed by atoms with Crippen molar-refractivity contribution in [1.82, 2.24) is 4.31 Å². The predicted octanol–water partition coefficient (Wildman–Crippen LogP) is 1.84. The first-order valence-electron chi connectivity index (χ1n) is 6.81. The van der Waals surface area contributed by atoms with E-state index in [1.54, 1.807) is 0 Å². The van der Waals surface area contributed by atoms with E-state index in [0.717, 1.165) is 4.31 Å². The Bertz CT molecular complexity index is 735. The largest absolute Gasteiger partial charge is 0.493 e. The average Bonchev–Trinajstić information content (AvgIpc) is 2.91. The Morgan fingerprint density at radius 2 is 1.87 bits per heavy atom. The van der Waals surface area contributed by atoms with Gasteiger partial charge in [-0.1, -0.05) is 11.6 Å². The van der Waals surface area contributed by atoms with Crippen molar-refractivity contribution in [3.05, 3.63) is 17.2 Å². The van der Waals surface area contributed by atoms with E-state index in [1.807, 2.05) is 0 Å². The highest BCUT2D eigenvalue weighted by Gasteiger charge is 2.45. The van der Waals surface area contributed by atoms with Crippen molar-refractivity contribution >= 4 is 27.6 Å². The van der Waals surface area contributed by atoms with E-state index in [1.165, 1.54) is 33.3 Å². The van der Waals surface area contributed by atoms with Crippen LogP contribution in [0, 0.1) is 5.41 Å². The molecule has 0 bridgehead atoms. The number of carboxylic acid groups (broad SMARTS) is 1. The molecule has 0 saturated carbocycles. The van der Waals surface area contributed by atoms with Gasteiger partial charge in [-0.05, 0) is 13.3 Å². The molecule has 1 aromatic carbocycles. The lowest BCUT2D eigenvalue weighted by atomic mass is 9.90. The van der Waals surface area contributed by atoms with Crippen LogP contribution in [0.4, 0.5) is 0 Å². The van der Waals surface area contributed by atoms with Crippen molar-refractivity contribution in [2.24, 2.45) is 5.41 Å². The van der Waals surface area contributed by atoms with Crippen LogP contribution < -0.4 is 9.47 Å². The number of hydrogen-bond acceptors (Lipinski definition) is 5. The molecule has 0 aliphatic carbocycles. The fourth-order valence-corrected chi connectivity index (χ4v) is 4.54. The molecule has 0 aromatic heterocycles. The monoisotopic (exact) mass is 363 g/mol. The van der Waals surface area contributed by atoms with Crippen LogP contribution in [0.1, 0.15) is 13.3 Å². The maximum atomic E-state index is 12.8. The fraction of sp³-hybridized carbons (Fsp3) is 0.500. The molecular weight excluding hydrogens is 346 g/mol. The van der Waals surface area contributed by atoms with Gasteiger partial charge in [0.2, 0.25) is 10.0 Å². The molecule has 7 nitrogen and oxygen atoms in total. The minimum Gasteiger partial charge on any atom is -0.493 e. The summed E-state index contributed by atoms with van der Waals surface area (Å²) in [6, 6.07) is 2.65. The van der Waals surface area contributed by atoms with Crippen molar-refractivity contribution in [1.29, 1.82) is 0 Å². The molecule has 128 valence electrons. The van der Waals surface area contributed by atoms with Gasteiger partial charge in [0.1, 0.15) is 4.90 Å². The van der Waals surface area contributed by atoms with Crippen LogP contribution in [0.2, 0.25) is 5.02 Å². The molecule has 2 rings (SSSR count). The standard InChI is InChI=1S/C14H18ClNO6S/c1-14(13(17)18)4-5-16(8-14)23(19,20)12-7-11(22-3)10(21-2)6-9(12)15/h6-7H,4-5,8H2,1-3H3,(H,17,18). The van der Waals surface area contributed by atoms with Gasteiger partial charge in [0, 0.05) is 25.2 Å². The lowest BCUT2D eigenvalue weighted by Gasteiger charge is -2.21. The Kier molecular flexibility index (Phi) is 4.79. The molecule has 1 unspecified atom stereocenters. The number of carbonyl (C=O) groups is 1. The zero-order valence-electron chi connectivity index (χ0n) is 13.0. The molecule has 1 aliphatic rings. The summed E-state index contributed by atoms with van der Waals surface area (Å²) < 4.78 is 36.9. The molecule has 0 radical (unpaired) electrons. The van der Waals surface area contributed by atoms with Gasteiger partial charge in [-0.3, -0.25) is 4.79 Å². The Balaban J connectivity index is 2.43. The number of methoxy groups -OCH3 is 2. The van der Waals surface area contributed by atoms with Crippen LogP contribution in [0.5, 0.6) is 11.5 Å². The lowest BCUT2D eigenvalue weighted by molar-refractivity contribution is -0.146. The zero-order valence-corrected chi connectivity index (χ0v) is 14.6. The molecule has 1 atom stereocenters. The van der Waals surface area contributed by atoms with E-state index >= 15 is 0 Å². The van der Waals surface area contributed by atoms with Gasteiger partial charge >= 0.3 is 5.97 Å². The maximum Gasteiger partial charge on any atom is 0.310 e. The van der Waals surface area contributed by atoms with Crippen LogP contribution >= 0.6 is 11.6 Å². The third-order valence-electron chi connectivity index (χ3n) is 4.01. The third-order valence-corrected chi connectivity index (χ3v) is 6.32. The molecular formula is C14H18ClNO6S. The number of ether oxygens (including phenoxy) is 2.